The molecule has 0 amide bonds. The van der Waals surface area contributed by atoms with Crippen molar-refractivity contribution >= 4 is 0 Å². The zero-order valence-corrected chi connectivity index (χ0v) is 11.1. The molecule has 1 nitrogen and oxygen atoms in total. The molecule has 0 radical (unpaired) electrons. The smallest absolute Gasteiger partial charge is 0.0594 e. The normalized spacial score (nSPS) is 54.0. The third kappa shape index (κ3) is 1.06. The van der Waals surface area contributed by atoms with Gasteiger partial charge in [-0.1, -0.05) is 27.2 Å². The fourth-order valence-electron chi connectivity index (χ4n) is 5.57. The lowest BCUT2D eigenvalue weighted by molar-refractivity contribution is -0.0936. The van der Waals surface area contributed by atoms with Crippen LogP contribution in [0.3, 0.4) is 0 Å². The molecule has 3 aliphatic carbocycles. The Labute approximate surface area is 99.6 Å². The first-order valence-electron chi connectivity index (χ1n) is 7.17. The summed E-state index contributed by atoms with van der Waals surface area (Å²) in [4.78, 5) is 0. The minimum Gasteiger partial charge on any atom is -0.393 e. The van der Waals surface area contributed by atoms with Crippen LogP contribution in [0.5, 0.6) is 0 Å². The fraction of sp³-hybridized carbons (Fsp3) is 1.00. The van der Waals surface area contributed by atoms with E-state index in [1.165, 1.54) is 38.5 Å². The summed E-state index contributed by atoms with van der Waals surface area (Å²) in [6, 6.07) is 0. The first kappa shape index (κ1) is 11.1. The van der Waals surface area contributed by atoms with Crippen LogP contribution in [-0.2, 0) is 0 Å². The van der Waals surface area contributed by atoms with E-state index in [2.05, 4.69) is 20.8 Å². The predicted octanol–water partition coefficient (Wildman–Crippen LogP) is 3.75. The Morgan fingerprint density at radius 1 is 1.19 bits per heavy atom. The molecule has 0 aromatic carbocycles. The summed E-state index contributed by atoms with van der Waals surface area (Å²) in [5.41, 5.74) is 1.49. The molecular weight excluding hydrogens is 196 g/mol. The van der Waals surface area contributed by atoms with Crippen LogP contribution in [-0.4, -0.2) is 11.2 Å². The van der Waals surface area contributed by atoms with Gasteiger partial charge in [-0.2, -0.15) is 0 Å². The average Bonchev–Trinajstić information content (AvgIpc) is 2.93. The molecule has 0 aromatic rings. The van der Waals surface area contributed by atoms with E-state index in [4.69, 9.17) is 0 Å². The van der Waals surface area contributed by atoms with Crippen LogP contribution in [0.25, 0.3) is 0 Å². The maximum atomic E-state index is 10.3. The standard InChI is InChI=1S/C15H26O/c1-4-14-8-5-6-11-13(2,3)12(16)7-9-15(11,14)10-14/h11-12,16H,4-10H2,1-3H3. The molecule has 16 heavy (non-hydrogen) atoms. The van der Waals surface area contributed by atoms with Gasteiger partial charge in [-0.15, -0.1) is 0 Å². The van der Waals surface area contributed by atoms with Crippen molar-refractivity contribution in [2.45, 2.75) is 71.8 Å². The van der Waals surface area contributed by atoms with Crippen LogP contribution in [0.15, 0.2) is 0 Å². The Hall–Kier alpha value is -0.0400. The predicted molar refractivity (Wildman–Crippen MR) is 66.1 cm³/mol. The highest BCUT2D eigenvalue weighted by molar-refractivity contribution is 5.22. The van der Waals surface area contributed by atoms with E-state index in [0.717, 1.165) is 12.3 Å². The summed E-state index contributed by atoms with van der Waals surface area (Å²) in [7, 11) is 0. The number of hydrogen-bond donors (Lipinski definition) is 1. The second kappa shape index (κ2) is 3.04. The van der Waals surface area contributed by atoms with Crippen molar-refractivity contribution < 1.29 is 5.11 Å². The van der Waals surface area contributed by atoms with E-state index in [9.17, 15) is 5.11 Å². The molecule has 0 heterocycles. The molecule has 4 atom stereocenters. The van der Waals surface area contributed by atoms with Gasteiger partial charge in [0.25, 0.3) is 0 Å². The summed E-state index contributed by atoms with van der Waals surface area (Å²) in [6.07, 6.45) is 9.36. The Balaban J connectivity index is 1.96. The Morgan fingerprint density at radius 3 is 2.62 bits per heavy atom. The number of hydrogen-bond acceptors (Lipinski definition) is 1. The monoisotopic (exact) mass is 222 g/mol. The highest BCUT2D eigenvalue weighted by atomic mass is 16.3. The second-order valence-electron chi connectivity index (χ2n) is 7.29. The molecule has 1 N–H and O–H groups in total. The molecular formula is C15H26O. The number of aliphatic hydroxyl groups excluding tert-OH is 1. The zero-order valence-electron chi connectivity index (χ0n) is 11.1. The highest BCUT2D eigenvalue weighted by Crippen LogP contribution is 2.80. The van der Waals surface area contributed by atoms with E-state index in [0.29, 0.717) is 10.8 Å². The van der Waals surface area contributed by atoms with Gasteiger partial charge in [-0.25, -0.2) is 0 Å². The topological polar surface area (TPSA) is 20.2 Å². The maximum absolute atomic E-state index is 10.3. The van der Waals surface area contributed by atoms with Crippen molar-refractivity contribution in [3.63, 3.8) is 0 Å². The highest BCUT2D eigenvalue weighted by Gasteiger charge is 2.73. The van der Waals surface area contributed by atoms with Gasteiger partial charge in [0, 0.05) is 0 Å². The van der Waals surface area contributed by atoms with E-state index in [-0.39, 0.29) is 11.5 Å². The summed E-state index contributed by atoms with van der Waals surface area (Å²) in [5.74, 6) is 0.789. The largest absolute Gasteiger partial charge is 0.393 e. The van der Waals surface area contributed by atoms with Gasteiger partial charge in [0.2, 0.25) is 0 Å². The van der Waals surface area contributed by atoms with E-state index >= 15 is 0 Å². The fourth-order valence-corrected chi connectivity index (χ4v) is 5.57. The Bertz CT molecular complexity index is 309. The molecule has 1 spiro atoms. The van der Waals surface area contributed by atoms with Crippen molar-refractivity contribution in [2.75, 3.05) is 0 Å². The van der Waals surface area contributed by atoms with E-state index < -0.39 is 0 Å². The van der Waals surface area contributed by atoms with Crippen LogP contribution < -0.4 is 0 Å². The molecule has 3 rings (SSSR count). The maximum Gasteiger partial charge on any atom is 0.0594 e. The minimum atomic E-state index is -0.0589. The molecule has 3 fully saturated rings. The van der Waals surface area contributed by atoms with Crippen molar-refractivity contribution in [3.05, 3.63) is 0 Å². The third-order valence-corrected chi connectivity index (χ3v) is 6.70. The van der Waals surface area contributed by atoms with Crippen LogP contribution in [0.4, 0.5) is 0 Å². The molecule has 4 unspecified atom stereocenters. The minimum absolute atomic E-state index is 0.0589. The molecule has 92 valence electrons. The van der Waals surface area contributed by atoms with Crippen LogP contribution in [0.2, 0.25) is 0 Å². The van der Waals surface area contributed by atoms with Gasteiger partial charge in [0.15, 0.2) is 0 Å². The lowest BCUT2D eigenvalue weighted by Gasteiger charge is -2.52. The van der Waals surface area contributed by atoms with Crippen LogP contribution in [0, 0.1) is 22.2 Å². The van der Waals surface area contributed by atoms with E-state index in [1.54, 1.807) is 0 Å². The molecule has 0 aliphatic heterocycles. The van der Waals surface area contributed by atoms with Crippen molar-refractivity contribution in [2.24, 2.45) is 22.2 Å². The molecule has 0 saturated heterocycles. The summed E-state index contributed by atoms with van der Waals surface area (Å²) in [6.45, 7) is 7.01. The SMILES string of the molecule is CCC12CCCC3C(C)(C)C(O)CCC31C2. The van der Waals surface area contributed by atoms with E-state index in [1.807, 2.05) is 0 Å². The summed E-state index contributed by atoms with van der Waals surface area (Å²) < 4.78 is 0. The number of rotatable bonds is 1. The second-order valence-corrected chi connectivity index (χ2v) is 7.29. The average molecular weight is 222 g/mol. The lowest BCUT2D eigenvalue weighted by Crippen LogP contribution is -2.49. The summed E-state index contributed by atoms with van der Waals surface area (Å²) in [5, 5.41) is 10.3. The molecule has 1 heteroatoms. The molecule has 0 bridgehead atoms. The molecule has 3 aliphatic rings. The first-order chi connectivity index (χ1) is 7.48. The van der Waals surface area contributed by atoms with Gasteiger partial charge in [-0.05, 0) is 60.7 Å². The van der Waals surface area contributed by atoms with Gasteiger partial charge in [-0.3, -0.25) is 0 Å². The van der Waals surface area contributed by atoms with Crippen LogP contribution in [0.1, 0.15) is 65.7 Å². The van der Waals surface area contributed by atoms with Gasteiger partial charge in [0.05, 0.1) is 6.10 Å². The lowest BCUT2D eigenvalue weighted by atomic mass is 9.54. The molecule has 0 aromatic heterocycles. The first-order valence-corrected chi connectivity index (χ1v) is 7.17. The van der Waals surface area contributed by atoms with Crippen molar-refractivity contribution in [1.82, 2.24) is 0 Å². The quantitative estimate of drug-likeness (QED) is 0.716. The van der Waals surface area contributed by atoms with Crippen molar-refractivity contribution in [3.8, 4) is 0 Å². The van der Waals surface area contributed by atoms with Crippen LogP contribution >= 0.6 is 0 Å². The Morgan fingerprint density at radius 2 is 1.94 bits per heavy atom. The van der Waals surface area contributed by atoms with Crippen molar-refractivity contribution in [1.29, 1.82) is 0 Å². The summed E-state index contributed by atoms with van der Waals surface area (Å²) >= 11 is 0. The van der Waals surface area contributed by atoms with Gasteiger partial charge < -0.3 is 5.11 Å². The molecule has 3 saturated carbocycles. The Kier molecular flexibility index (Phi) is 2.11. The van der Waals surface area contributed by atoms with Gasteiger partial charge >= 0.3 is 0 Å². The number of aliphatic hydroxyl groups is 1. The van der Waals surface area contributed by atoms with Gasteiger partial charge in [0.1, 0.15) is 0 Å². The third-order valence-electron chi connectivity index (χ3n) is 6.70. The zero-order chi connectivity index (χ0) is 11.6.